The van der Waals surface area contributed by atoms with Crippen LogP contribution in [0, 0.1) is 11.7 Å². The van der Waals surface area contributed by atoms with E-state index in [0.717, 1.165) is 26.2 Å². The van der Waals surface area contributed by atoms with Gasteiger partial charge >= 0.3 is 0 Å². The Morgan fingerprint density at radius 2 is 1.65 bits per heavy atom. The standard InChI is InChI=1S/C25H39FN8/c1-4-34-14-8-11-20(34)17-28-24-30-23(27-16-18-9-6-5-7-10-18)31-25(32-24)29-19-12-13-22(33(2)3)21(26)15-19/h12-13,15,18,20H,4-11,14,16-17H2,1-3H3,(H3,27,28,29,30,31,32). The fourth-order valence-electron chi connectivity index (χ4n) is 5.05. The van der Waals surface area contributed by atoms with E-state index in [1.54, 1.807) is 11.0 Å². The smallest absolute Gasteiger partial charge is 0.233 e. The molecule has 1 aromatic heterocycles. The first kappa shape index (κ1) is 24.4. The third kappa shape index (κ3) is 6.46. The fraction of sp³-hybridized carbons (Fsp3) is 0.640. The average Bonchev–Trinajstić information content (AvgIpc) is 3.29. The molecule has 2 fully saturated rings. The molecule has 3 N–H and O–H groups in total. The van der Waals surface area contributed by atoms with Crippen molar-refractivity contribution in [3.05, 3.63) is 24.0 Å². The van der Waals surface area contributed by atoms with Crippen molar-refractivity contribution in [1.29, 1.82) is 0 Å². The van der Waals surface area contributed by atoms with Gasteiger partial charge in [0, 0.05) is 38.9 Å². The summed E-state index contributed by atoms with van der Waals surface area (Å²) in [6.07, 6.45) is 8.85. The summed E-state index contributed by atoms with van der Waals surface area (Å²) < 4.78 is 14.5. The van der Waals surface area contributed by atoms with Gasteiger partial charge in [-0.2, -0.15) is 15.0 Å². The molecule has 2 aromatic rings. The molecule has 1 aliphatic carbocycles. The van der Waals surface area contributed by atoms with Crippen molar-refractivity contribution in [2.45, 2.75) is 57.9 Å². The number of aromatic nitrogens is 3. The zero-order valence-electron chi connectivity index (χ0n) is 20.8. The van der Waals surface area contributed by atoms with Crippen molar-refractivity contribution < 1.29 is 4.39 Å². The van der Waals surface area contributed by atoms with E-state index in [0.29, 0.717) is 41.2 Å². The van der Waals surface area contributed by atoms with Crippen LogP contribution in [-0.2, 0) is 0 Å². The second-order valence-corrected chi connectivity index (χ2v) is 9.68. The van der Waals surface area contributed by atoms with Gasteiger partial charge in [0.25, 0.3) is 0 Å². The molecule has 2 heterocycles. The molecule has 186 valence electrons. The van der Waals surface area contributed by atoms with Crippen molar-refractivity contribution in [2.24, 2.45) is 5.92 Å². The monoisotopic (exact) mass is 470 g/mol. The number of anilines is 5. The molecular formula is C25H39FN8. The SMILES string of the molecule is CCN1CCCC1CNc1nc(NCC2CCCCC2)nc(Nc2ccc(N(C)C)c(F)c2)n1. The fourth-order valence-corrected chi connectivity index (χ4v) is 5.05. The summed E-state index contributed by atoms with van der Waals surface area (Å²) in [6, 6.07) is 5.55. The minimum absolute atomic E-state index is 0.293. The Hall–Kier alpha value is -2.68. The van der Waals surface area contributed by atoms with Crippen molar-refractivity contribution in [3.63, 3.8) is 0 Å². The molecule has 9 heteroatoms. The highest BCUT2D eigenvalue weighted by Crippen LogP contribution is 2.25. The van der Waals surface area contributed by atoms with Gasteiger partial charge in [-0.25, -0.2) is 4.39 Å². The van der Waals surface area contributed by atoms with Crippen LogP contribution in [0.25, 0.3) is 0 Å². The van der Waals surface area contributed by atoms with Crippen molar-refractivity contribution in [1.82, 2.24) is 19.9 Å². The molecule has 0 bridgehead atoms. The molecule has 1 aromatic carbocycles. The van der Waals surface area contributed by atoms with Gasteiger partial charge in [-0.15, -0.1) is 0 Å². The highest BCUT2D eigenvalue weighted by atomic mass is 19.1. The molecular weight excluding hydrogens is 431 g/mol. The van der Waals surface area contributed by atoms with Crippen LogP contribution in [0.4, 0.5) is 33.6 Å². The van der Waals surface area contributed by atoms with Crippen LogP contribution in [0.3, 0.4) is 0 Å². The van der Waals surface area contributed by atoms with Gasteiger partial charge in [-0.05, 0) is 62.9 Å². The minimum Gasteiger partial charge on any atom is -0.375 e. The number of benzene rings is 1. The Bertz CT molecular complexity index is 931. The van der Waals surface area contributed by atoms with Gasteiger partial charge < -0.3 is 20.9 Å². The lowest BCUT2D eigenvalue weighted by Crippen LogP contribution is -2.35. The van der Waals surface area contributed by atoms with E-state index in [-0.39, 0.29) is 5.82 Å². The van der Waals surface area contributed by atoms with Crippen molar-refractivity contribution in [2.75, 3.05) is 61.1 Å². The number of likely N-dealkylation sites (N-methyl/N-ethyl adjacent to an activating group) is 1. The molecule has 1 unspecified atom stereocenters. The van der Waals surface area contributed by atoms with Crippen LogP contribution in [0.15, 0.2) is 18.2 Å². The second-order valence-electron chi connectivity index (χ2n) is 9.68. The van der Waals surface area contributed by atoms with Gasteiger partial charge in [0.1, 0.15) is 5.82 Å². The lowest BCUT2D eigenvalue weighted by atomic mass is 9.89. The van der Waals surface area contributed by atoms with Crippen LogP contribution in [0.2, 0.25) is 0 Å². The number of nitrogens with one attached hydrogen (secondary N) is 3. The van der Waals surface area contributed by atoms with Crippen molar-refractivity contribution >= 4 is 29.2 Å². The number of hydrogen-bond donors (Lipinski definition) is 3. The van der Waals surface area contributed by atoms with E-state index in [9.17, 15) is 4.39 Å². The molecule has 1 aliphatic heterocycles. The third-order valence-corrected chi connectivity index (χ3v) is 7.00. The van der Waals surface area contributed by atoms with Crippen LogP contribution in [0.1, 0.15) is 51.9 Å². The minimum atomic E-state index is -0.293. The number of halogens is 1. The predicted octanol–water partition coefficient (Wildman–Crippen LogP) is 4.71. The van der Waals surface area contributed by atoms with Crippen molar-refractivity contribution in [3.8, 4) is 0 Å². The van der Waals surface area contributed by atoms with Crippen LogP contribution >= 0.6 is 0 Å². The van der Waals surface area contributed by atoms with E-state index in [1.807, 2.05) is 20.2 Å². The molecule has 0 radical (unpaired) electrons. The second kappa shape index (κ2) is 11.6. The maximum absolute atomic E-state index is 14.5. The third-order valence-electron chi connectivity index (χ3n) is 7.00. The van der Waals surface area contributed by atoms with Gasteiger partial charge in [-0.3, -0.25) is 4.90 Å². The molecule has 8 nitrogen and oxygen atoms in total. The molecule has 1 atom stereocenters. The van der Waals surface area contributed by atoms with Gasteiger partial charge in [-0.1, -0.05) is 26.2 Å². The van der Waals surface area contributed by atoms with Crippen LogP contribution in [0.5, 0.6) is 0 Å². The maximum Gasteiger partial charge on any atom is 0.233 e. The van der Waals surface area contributed by atoms with Crippen LogP contribution < -0.4 is 20.9 Å². The first-order valence-electron chi connectivity index (χ1n) is 12.7. The van der Waals surface area contributed by atoms with E-state index in [4.69, 9.17) is 0 Å². The molecule has 4 rings (SSSR count). The first-order valence-corrected chi connectivity index (χ1v) is 12.7. The molecule has 0 spiro atoms. The summed E-state index contributed by atoms with van der Waals surface area (Å²) in [5.74, 6) is 1.85. The molecule has 1 saturated heterocycles. The number of hydrogen-bond acceptors (Lipinski definition) is 8. The maximum atomic E-state index is 14.5. The quantitative estimate of drug-likeness (QED) is 0.461. The summed E-state index contributed by atoms with van der Waals surface area (Å²) in [6.45, 7) is 6.07. The highest BCUT2D eigenvalue weighted by Gasteiger charge is 2.23. The topological polar surface area (TPSA) is 81.2 Å². The zero-order valence-corrected chi connectivity index (χ0v) is 20.8. The van der Waals surface area contributed by atoms with Gasteiger partial charge in [0.2, 0.25) is 17.8 Å². The largest absolute Gasteiger partial charge is 0.375 e. The Balaban J connectivity index is 1.49. The zero-order chi connectivity index (χ0) is 23.9. The van der Waals surface area contributed by atoms with E-state index < -0.39 is 0 Å². The van der Waals surface area contributed by atoms with E-state index >= 15 is 0 Å². The Kier molecular flexibility index (Phi) is 8.37. The number of likely N-dealkylation sites (tertiary alicyclic amines) is 1. The predicted molar refractivity (Wildman–Crippen MR) is 138 cm³/mol. The van der Waals surface area contributed by atoms with Crippen LogP contribution in [-0.4, -0.2) is 66.2 Å². The Labute approximate surface area is 202 Å². The summed E-state index contributed by atoms with van der Waals surface area (Å²) in [5, 5.41) is 10.0. The highest BCUT2D eigenvalue weighted by molar-refractivity contribution is 5.60. The summed E-state index contributed by atoms with van der Waals surface area (Å²) in [4.78, 5) is 18.1. The average molecular weight is 471 g/mol. The normalized spacial score (nSPS) is 19.2. The molecule has 1 saturated carbocycles. The first-order chi connectivity index (χ1) is 16.5. The number of rotatable bonds is 10. The number of nitrogens with zero attached hydrogens (tertiary/aromatic N) is 5. The van der Waals surface area contributed by atoms with Gasteiger partial charge in [0.05, 0.1) is 5.69 Å². The lowest BCUT2D eigenvalue weighted by Gasteiger charge is -2.23. The van der Waals surface area contributed by atoms with Gasteiger partial charge in [0.15, 0.2) is 0 Å². The lowest BCUT2D eigenvalue weighted by molar-refractivity contribution is 0.277. The summed E-state index contributed by atoms with van der Waals surface area (Å²) in [5.41, 5.74) is 1.14. The molecule has 34 heavy (non-hydrogen) atoms. The Morgan fingerprint density at radius 1 is 0.941 bits per heavy atom. The van der Waals surface area contributed by atoms with E-state index in [2.05, 4.69) is 42.7 Å². The summed E-state index contributed by atoms with van der Waals surface area (Å²) in [7, 11) is 3.65. The Morgan fingerprint density at radius 3 is 2.32 bits per heavy atom. The summed E-state index contributed by atoms with van der Waals surface area (Å²) >= 11 is 0. The molecule has 2 aliphatic rings. The van der Waals surface area contributed by atoms with E-state index in [1.165, 1.54) is 51.0 Å². The molecule has 0 amide bonds.